The molecule has 1 N–H and O–H groups in total. The van der Waals surface area contributed by atoms with Crippen LogP contribution in [0, 0.1) is 0 Å². The number of benzene rings is 1. The van der Waals surface area contributed by atoms with Crippen molar-refractivity contribution in [3.63, 3.8) is 0 Å². The number of nitrogens with zero attached hydrogens (tertiary/aromatic N) is 1. The molecule has 0 amide bonds. The normalized spacial score (nSPS) is 20.6. The van der Waals surface area contributed by atoms with Gasteiger partial charge in [-0.15, -0.1) is 0 Å². The van der Waals surface area contributed by atoms with Crippen LogP contribution in [0.5, 0.6) is 0 Å². The number of aliphatic hydroxyl groups is 1. The van der Waals surface area contributed by atoms with Crippen LogP contribution in [0.2, 0.25) is 0 Å². The van der Waals surface area contributed by atoms with Crippen molar-refractivity contribution in [3.8, 4) is 0 Å². The molecule has 94 valence electrons. The van der Waals surface area contributed by atoms with Gasteiger partial charge < -0.3 is 10.0 Å². The average Bonchev–Trinajstić information content (AvgIpc) is 2.57. The Morgan fingerprint density at radius 2 is 2.12 bits per heavy atom. The molecule has 1 atom stereocenters. The molecule has 1 aliphatic heterocycles. The molecule has 1 heterocycles. The summed E-state index contributed by atoms with van der Waals surface area (Å²) < 4.78 is 0.993. The number of hydrogen-bond acceptors (Lipinski definition) is 2. The van der Waals surface area contributed by atoms with E-state index in [1.54, 1.807) is 6.92 Å². The summed E-state index contributed by atoms with van der Waals surface area (Å²) in [6, 6.07) is 6.24. The summed E-state index contributed by atoms with van der Waals surface area (Å²) in [4.78, 5) is 2.45. The largest absolute Gasteiger partial charge is 0.389 e. The number of rotatable bonds is 2. The van der Waals surface area contributed by atoms with Gasteiger partial charge in [0.2, 0.25) is 0 Å². The smallest absolute Gasteiger partial charge is 0.0772 e. The highest BCUT2D eigenvalue weighted by Crippen LogP contribution is 2.36. The second-order valence-electron chi connectivity index (χ2n) is 5.45. The van der Waals surface area contributed by atoms with Crippen molar-refractivity contribution in [3.05, 3.63) is 28.2 Å². The first kappa shape index (κ1) is 12.9. The third-order valence-electron chi connectivity index (χ3n) is 3.65. The second kappa shape index (κ2) is 4.62. The molecule has 1 aromatic carbocycles. The molecule has 2 rings (SSSR count). The molecular weight excluding hydrogens is 278 g/mol. The molecule has 1 aromatic rings. The summed E-state index contributed by atoms with van der Waals surface area (Å²) >= 11 is 3.55. The Kier molecular flexibility index (Phi) is 3.50. The summed E-state index contributed by atoms with van der Waals surface area (Å²) in [6.07, 6.45) is 2.07. The van der Waals surface area contributed by atoms with Gasteiger partial charge in [-0.1, -0.05) is 22.0 Å². The monoisotopic (exact) mass is 297 g/mol. The zero-order valence-electron chi connectivity index (χ0n) is 10.7. The zero-order chi connectivity index (χ0) is 12.6. The van der Waals surface area contributed by atoms with Crippen LogP contribution in [0.4, 0.5) is 5.69 Å². The molecule has 0 aromatic heterocycles. The van der Waals surface area contributed by atoms with Crippen LogP contribution in [-0.4, -0.2) is 17.2 Å². The van der Waals surface area contributed by atoms with Crippen molar-refractivity contribution < 1.29 is 5.11 Å². The Hall–Kier alpha value is -0.540. The lowest BCUT2D eigenvalue weighted by atomic mass is 10.0. The highest BCUT2D eigenvalue weighted by atomic mass is 79.9. The van der Waals surface area contributed by atoms with Gasteiger partial charge in [0.15, 0.2) is 0 Å². The minimum atomic E-state index is -0.426. The first-order valence-electron chi connectivity index (χ1n) is 6.17. The van der Waals surface area contributed by atoms with Gasteiger partial charge in [-0.05, 0) is 51.3 Å². The van der Waals surface area contributed by atoms with Crippen LogP contribution in [0.3, 0.4) is 0 Å². The standard InChI is InChI=1S/C14H20BrNO/c1-10(17)12-6-5-11(9-13(12)15)16-8-4-7-14(16,2)3/h5-6,9-10,17H,4,7-8H2,1-3H3/t10-/m0/s1. The van der Waals surface area contributed by atoms with Crippen molar-refractivity contribution >= 4 is 21.6 Å². The molecule has 0 bridgehead atoms. The predicted molar refractivity (Wildman–Crippen MR) is 75.4 cm³/mol. The average molecular weight is 298 g/mol. The third kappa shape index (κ3) is 2.50. The van der Waals surface area contributed by atoms with Gasteiger partial charge >= 0.3 is 0 Å². The van der Waals surface area contributed by atoms with E-state index in [2.05, 4.69) is 46.8 Å². The van der Waals surface area contributed by atoms with E-state index in [0.29, 0.717) is 0 Å². The lowest BCUT2D eigenvalue weighted by Crippen LogP contribution is -2.38. The van der Waals surface area contributed by atoms with Crippen LogP contribution in [0.1, 0.15) is 45.3 Å². The minimum absolute atomic E-state index is 0.242. The Morgan fingerprint density at radius 3 is 2.59 bits per heavy atom. The van der Waals surface area contributed by atoms with E-state index in [-0.39, 0.29) is 5.54 Å². The van der Waals surface area contributed by atoms with Crippen molar-refractivity contribution in [2.75, 3.05) is 11.4 Å². The molecule has 0 saturated carbocycles. The van der Waals surface area contributed by atoms with Gasteiger partial charge in [0.1, 0.15) is 0 Å². The SMILES string of the molecule is C[C@H](O)c1ccc(N2CCCC2(C)C)cc1Br. The van der Waals surface area contributed by atoms with E-state index in [1.807, 2.05) is 6.07 Å². The highest BCUT2D eigenvalue weighted by molar-refractivity contribution is 9.10. The van der Waals surface area contributed by atoms with E-state index in [0.717, 1.165) is 16.6 Å². The molecule has 1 aliphatic rings. The third-order valence-corrected chi connectivity index (χ3v) is 4.33. The quantitative estimate of drug-likeness (QED) is 0.895. The summed E-state index contributed by atoms with van der Waals surface area (Å²) in [5.41, 5.74) is 2.43. The van der Waals surface area contributed by atoms with Crippen LogP contribution in [0.15, 0.2) is 22.7 Å². The van der Waals surface area contributed by atoms with Crippen LogP contribution >= 0.6 is 15.9 Å². The van der Waals surface area contributed by atoms with Gasteiger partial charge in [0, 0.05) is 22.2 Å². The maximum atomic E-state index is 9.62. The minimum Gasteiger partial charge on any atom is -0.389 e. The van der Waals surface area contributed by atoms with Gasteiger partial charge in [0.25, 0.3) is 0 Å². The fourth-order valence-corrected chi connectivity index (χ4v) is 3.31. The zero-order valence-corrected chi connectivity index (χ0v) is 12.3. The first-order valence-corrected chi connectivity index (χ1v) is 6.96. The van der Waals surface area contributed by atoms with Crippen molar-refractivity contribution in [2.45, 2.75) is 45.3 Å². The molecule has 2 nitrogen and oxygen atoms in total. The molecule has 0 unspecified atom stereocenters. The van der Waals surface area contributed by atoms with Gasteiger partial charge in [-0.2, -0.15) is 0 Å². The first-order chi connectivity index (χ1) is 7.92. The van der Waals surface area contributed by atoms with E-state index in [4.69, 9.17) is 0 Å². The fourth-order valence-electron chi connectivity index (χ4n) is 2.61. The maximum Gasteiger partial charge on any atom is 0.0772 e. The molecule has 3 heteroatoms. The molecule has 0 radical (unpaired) electrons. The van der Waals surface area contributed by atoms with E-state index < -0.39 is 6.10 Å². The summed E-state index contributed by atoms with van der Waals surface area (Å²) in [7, 11) is 0. The molecule has 17 heavy (non-hydrogen) atoms. The lowest BCUT2D eigenvalue weighted by Gasteiger charge is -2.34. The van der Waals surface area contributed by atoms with Crippen molar-refractivity contribution in [2.24, 2.45) is 0 Å². The van der Waals surface area contributed by atoms with Gasteiger partial charge in [0.05, 0.1) is 6.10 Å². The maximum absolute atomic E-state index is 9.62. The Balaban J connectivity index is 2.32. The Labute approximate surface area is 112 Å². The number of hydrogen-bond donors (Lipinski definition) is 1. The Bertz CT molecular complexity index is 415. The van der Waals surface area contributed by atoms with Crippen molar-refractivity contribution in [1.29, 1.82) is 0 Å². The number of halogens is 1. The Morgan fingerprint density at radius 1 is 1.41 bits per heavy atom. The fraction of sp³-hybridized carbons (Fsp3) is 0.571. The summed E-state index contributed by atoms with van der Waals surface area (Å²) in [5.74, 6) is 0. The predicted octanol–water partition coefficient (Wildman–Crippen LogP) is 3.88. The van der Waals surface area contributed by atoms with Gasteiger partial charge in [-0.3, -0.25) is 0 Å². The van der Waals surface area contributed by atoms with Crippen LogP contribution < -0.4 is 4.90 Å². The van der Waals surface area contributed by atoms with E-state index in [9.17, 15) is 5.11 Å². The van der Waals surface area contributed by atoms with Crippen LogP contribution in [0.25, 0.3) is 0 Å². The second-order valence-corrected chi connectivity index (χ2v) is 6.30. The number of aliphatic hydroxyl groups excluding tert-OH is 1. The van der Waals surface area contributed by atoms with E-state index >= 15 is 0 Å². The molecular formula is C14H20BrNO. The molecule has 0 spiro atoms. The lowest BCUT2D eigenvalue weighted by molar-refractivity contribution is 0.198. The van der Waals surface area contributed by atoms with Gasteiger partial charge in [-0.25, -0.2) is 0 Å². The topological polar surface area (TPSA) is 23.5 Å². The molecule has 1 fully saturated rings. The van der Waals surface area contributed by atoms with E-state index in [1.165, 1.54) is 18.5 Å². The van der Waals surface area contributed by atoms with Crippen LogP contribution in [-0.2, 0) is 0 Å². The summed E-state index contributed by atoms with van der Waals surface area (Å²) in [5, 5.41) is 9.62. The summed E-state index contributed by atoms with van der Waals surface area (Å²) in [6.45, 7) is 7.49. The van der Waals surface area contributed by atoms with Crippen molar-refractivity contribution in [1.82, 2.24) is 0 Å². The molecule has 1 saturated heterocycles. The highest BCUT2D eigenvalue weighted by Gasteiger charge is 2.32. The number of anilines is 1. The molecule has 0 aliphatic carbocycles.